The van der Waals surface area contributed by atoms with Crippen molar-refractivity contribution in [3.05, 3.63) is 35.3 Å². The molecule has 0 N–H and O–H groups in total. The quantitative estimate of drug-likeness (QED) is 0.806. The summed E-state index contributed by atoms with van der Waals surface area (Å²) in [5.74, 6) is 0.245. The van der Waals surface area contributed by atoms with Gasteiger partial charge in [-0.05, 0) is 38.1 Å². The molecule has 100 valence electrons. The minimum atomic E-state index is -0.613. The number of nitrogens with zero attached hydrogens (tertiary/aromatic N) is 1. The molecule has 1 aromatic heterocycles. The zero-order chi connectivity index (χ0) is 13.8. The molecule has 1 unspecified atom stereocenters. The molecule has 2 aromatic rings. The van der Waals surface area contributed by atoms with Gasteiger partial charge in [0.15, 0.2) is 6.10 Å². The van der Waals surface area contributed by atoms with Crippen molar-refractivity contribution in [3.8, 4) is 16.3 Å². The van der Waals surface area contributed by atoms with Crippen LogP contribution >= 0.6 is 11.3 Å². The lowest BCUT2D eigenvalue weighted by atomic mass is 10.2. The van der Waals surface area contributed by atoms with E-state index in [2.05, 4.69) is 9.72 Å². The number of hydrogen-bond acceptors (Lipinski definition) is 5. The van der Waals surface area contributed by atoms with Gasteiger partial charge < -0.3 is 9.47 Å². The Hall–Kier alpha value is -1.88. The topological polar surface area (TPSA) is 48.4 Å². The Bertz CT molecular complexity index is 562. The molecule has 0 fully saturated rings. The van der Waals surface area contributed by atoms with Gasteiger partial charge in [0.05, 0.1) is 7.11 Å². The summed E-state index contributed by atoms with van der Waals surface area (Å²) >= 11 is 1.60. The molecule has 0 saturated heterocycles. The van der Waals surface area contributed by atoms with Gasteiger partial charge in [-0.2, -0.15) is 0 Å². The Kier molecular flexibility index (Phi) is 4.16. The van der Waals surface area contributed by atoms with E-state index in [1.54, 1.807) is 18.3 Å². The van der Waals surface area contributed by atoms with Gasteiger partial charge in [-0.3, -0.25) is 0 Å². The van der Waals surface area contributed by atoms with Crippen molar-refractivity contribution >= 4 is 17.3 Å². The normalized spacial score (nSPS) is 11.9. The molecule has 0 amide bonds. The van der Waals surface area contributed by atoms with Crippen LogP contribution in [0, 0.1) is 6.92 Å². The highest BCUT2D eigenvalue weighted by atomic mass is 32.1. The third-order valence-corrected chi connectivity index (χ3v) is 3.58. The fourth-order valence-electron chi connectivity index (χ4n) is 1.58. The van der Waals surface area contributed by atoms with Crippen molar-refractivity contribution in [1.82, 2.24) is 4.98 Å². The highest BCUT2D eigenvalue weighted by molar-refractivity contribution is 7.13. The lowest BCUT2D eigenvalue weighted by Gasteiger charge is -2.12. The van der Waals surface area contributed by atoms with E-state index in [4.69, 9.17) is 4.74 Å². The van der Waals surface area contributed by atoms with Gasteiger partial charge in [-0.15, -0.1) is 11.3 Å². The summed E-state index contributed by atoms with van der Waals surface area (Å²) < 4.78 is 10.1. The van der Waals surface area contributed by atoms with Crippen molar-refractivity contribution in [2.24, 2.45) is 0 Å². The zero-order valence-corrected chi connectivity index (χ0v) is 11.9. The van der Waals surface area contributed by atoms with Crippen LogP contribution < -0.4 is 4.74 Å². The number of carbonyl (C=O) groups is 1. The first-order valence-electron chi connectivity index (χ1n) is 5.87. The Morgan fingerprint density at radius 3 is 2.53 bits per heavy atom. The first kappa shape index (κ1) is 13.5. The lowest BCUT2D eigenvalue weighted by Crippen LogP contribution is -2.24. The average molecular weight is 277 g/mol. The summed E-state index contributed by atoms with van der Waals surface area (Å²) in [6.45, 7) is 3.62. The molecule has 0 spiro atoms. The maximum atomic E-state index is 11.3. The summed E-state index contributed by atoms with van der Waals surface area (Å²) in [5, 5.41) is 2.99. The van der Waals surface area contributed by atoms with E-state index in [0.717, 1.165) is 16.3 Å². The second-order valence-electron chi connectivity index (χ2n) is 4.10. The molecule has 2 rings (SSSR count). The van der Waals surface area contributed by atoms with Crippen LogP contribution in [0.3, 0.4) is 0 Å². The molecule has 5 heteroatoms. The average Bonchev–Trinajstić information content (AvgIpc) is 2.85. The second-order valence-corrected chi connectivity index (χ2v) is 4.96. The van der Waals surface area contributed by atoms with Gasteiger partial charge in [-0.1, -0.05) is 0 Å². The Morgan fingerprint density at radius 2 is 2.00 bits per heavy atom. The van der Waals surface area contributed by atoms with Crippen LogP contribution in [-0.4, -0.2) is 24.2 Å². The van der Waals surface area contributed by atoms with Gasteiger partial charge in [0.25, 0.3) is 0 Å². The number of aryl methyl sites for hydroxylation is 1. The summed E-state index contributed by atoms with van der Waals surface area (Å²) in [6.07, 6.45) is -0.613. The van der Waals surface area contributed by atoms with Crippen molar-refractivity contribution in [2.75, 3.05) is 7.11 Å². The molecule has 4 nitrogen and oxygen atoms in total. The molecular formula is C14H15NO3S. The van der Waals surface area contributed by atoms with E-state index in [-0.39, 0.29) is 5.97 Å². The van der Waals surface area contributed by atoms with E-state index < -0.39 is 6.10 Å². The third kappa shape index (κ3) is 3.32. The van der Waals surface area contributed by atoms with E-state index in [0.29, 0.717) is 5.75 Å². The molecule has 1 heterocycles. The molecule has 0 radical (unpaired) electrons. The molecule has 0 aliphatic heterocycles. The number of methoxy groups -OCH3 is 1. The van der Waals surface area contributed by atoms with Gasteiger partial charge >= 0.3 is 5.97 Å². The van der Waals surface area contributed by atoms with Gasteiger partial charge in [0.2, 0.25) is 0 Å². The summed E-state index contributed by atoms with van der Waals surface area (Å²) in [4.78, 5) is 15.7. The zero-order valence-electron chi connectivity index (χ0n) is 11.0. The lowest BCUT2D eigenvalue weighted by molar-refractivity contribution is -0.147. The number of aromatic nitrogens is 1. The molecule has 19 heavy (non-hydrogen) atoms. The molecule has 0 saturated carbocycles. The summed E-state index contributed by atoms with van der Waals surface area (Å²) in [5.41, 5.74) is 2.05. The summed E-state index contributed by atoms with van der Waals surface area (Å²) in [6, 6.07) is 7.51. The predicted molar refractivity (Wildman–Crippen MR) is 74.4 cm³/mol. The molecule has 0 aliphatic rings. The minimum absolute atomic E-state index is 0.389. The molecule has 0 bridgehead atoms. The smallest absolute Gasteiger partial charge is 0.346 e. The monoisotopic (exact) mass is 277 g/mol. The van der Waals surface area contributed by atoms with Crippen LogP contribution in [0.5, 0.6) is 5.75 Å². The molecule has 0 aliphatic carbocycles. The van der Waals surface area contributed by atoms with Gasteiger partial charge in [0, 0.05) is 16.6 Å². The number of ether oxygens (including phenoxy) is 2. The fraction of sp³-hybridized carbons (Fsp3) is 0.286. The summed E-state index contributed by atoms with van der Waals surface area (Å²) in [7, 11) is 1.34. The van der Waals surface area contributed by atoms with E-state index in [1.807, 2.05) is 36.6 Å². The highest BCUT2D eigenvalue weighted by Crippen LogP contribution is 2.25. The standard InChI is InChI=1S/C14H15NO3S/c1-9-8-19-13(15-9)11-4-6-12(7-5-11)18-10(2)14(16)17-3/h4-8,10H,1-3H3. The van der Waals surface area contributed by atoms with Gasteiger partial charge in [-0.25, -0.2) is 9.78 Å². The number of carbonyl (C=O) groups excluding carboxylic acids is 1. The first-order valence-corrected chi connectivity index (χ1v) is 6.75. The van der Waals surface area contributed by atoms with Crippen LogP contribution in [-0.2, 0) is 9.53 Å². The van der Waals surface area contributed by atoms with Gasteiger partial charge in [0.1, 0.15) is 10.8 Å². The van der Waals surface area contributed by atoms with Crippen LogP contribution in [0.4, 0.5) is 0 Å². The number of esters is 1. The van der Waals surface area contributed by atoms with Crippen molar-refractivity contribution in [1.29, 1.82) is 0 Å². The van der Waals surface area contributed by atoms with Crippen LogP contribution in [0.1, 0.15) is 12.6 Å². The molecule has 1 atom stereocenters. The van der Waals surface area contributed by atoms with Crippen LogP contribution in [0.15, 0.2) is 29.6 Å². The largest absolute Gasteiger partial charge is 0.479 e. The van der Waals surface area contributed by atoms with E-state index in [1.165, 1.54) is 7.11 Å². The van der Waals surface area contributed by atoms with Crippen LogP contribution in [0.25, 0.3) is 10.6 Å². The van der Waals surface area contributed by atoms with Crippen molar-refractivity contribution < 1.29 is 14.3 Å². The van der Waals surface area contributed by atoms with Crippen LogP contribution in [0.2, 0.25) is 0 Å². The number of thiazole rings is 1. The SMILES string of the molecule is COC(=O)C(C)Oc1ccc(-c2nc(C)cs2)cc1. The highest BCUT2D eigenvalue weighted by Gasteiger charge is 2.14. The molecular weight excluding hydrogens is 262 g/mol. The van der Waals surface area contributed by atoms with E-state index >= 15 is 0 Å². The fourth-order valence-corrected chi connectivity index (χ4v) is 2.38. The van der Waals surface area contributed by atoms with Crippen molar-refractivity contribution in [2.45, 2.75) is 20.0 Å². The van der Waals surface area contributed by atoms with E-state index in [9.17, 15) is 4.79 Å². The second kappa shape index (κ2) is 5.84. The third-order valence-electron chi connectivity index (χ3n) is 2.57. The Balaban J connectivity index is 2.08. The Labute approximate surface area is 116 Å². The maximum Gasteiger partial charge on any atom is 0.346 e. The first-order chi connectivity index (χ1) is 9.10. The minimum Gasteiger partial charge on any atom is -0.479 e. The number of benzene rings is 1. The number of hydrogen-bond donors (Lipinski definition) is 0. The Morgan fingerprint density at radius 1 is 1.32 bits per heavy atom. The molecule has 1 aromatic carbocycles. The predicted octanol–water partition coefficient (Wildman–Crippen LogP) is 3.06. The van der Waals surface area contributed by atoms with Crippen molar-refractivity contribution in [3.63, 3.8) is 0 Å². The number of rotatable bonds is 4. The maximum absolute atomic E-state index is 11.3.